The third kappa shape index (κ3) is 1.35. The van der Waals surface area contributed by atoms with Gasteiger partial charge in [0.1, 0.15) is 11.9 Å². The minimum absolute atomic E-state index is 0.234. The van der Waals surface area contributed by atoms with Crippen LogP contribution in [0.4, 0.5) is 0 Å². The topological polar surface area (TPSA) is 49.8 Å². The molecule has 0 radical (unpaired) electrons. The zero-order chi connectivity index (χ0) is 9.97. The van der Waals surface area contributed by atoms with E-state index in [1.165, 1.54) is 0 Å². The first kappa shape index (κ1) is 8.76. The Morgan fingerprint density at radius 1 is 1.50 bits per heavy atom. The molecule has 0 aliphatic rings. The van der Waals surface area contributed by atoms with Crippen LogP contribution < -0.4 is 0 Å². The standard InChI is InChI=1S/C11H10N2O/c1-2-8-4-3-5-9-11(8)13-10(14-9)6-7-12/h3-5H,2,6H2,1H3. The number of aromatic nitrogens is 1. The molecular weight excluding hydrogens is 176 g/mol. The van der Waals surface area contributed by atoms with Crippen LogP contribution in [0.2, 0.25) is 0 Å². The maximum atomic E-state index is 8.52. The summed E-state index contributed by atoms with van der Waals surface area (Å²) in [6, 6.07) is 7.88. The smallest absolute Gasteiger partial charge is 0.209 e. The van der Waals surface area contributed by atoms with E-state index < -0.39 is 0 Å². The molecule has 0 saturated carbocycles. The molecule has 0 unspecified atom stereocenters. The lowest BCUT2D eigenvalue weighted by atomic mass is 10.1. The van der Waals surface area contributed by atoms with Crippen LogP contribution in [0.5, 0.6) is 0 Å². The summed E-state index contributed by atoms with van der Waals surface area (Å²) in [7, 11) is 0. The van der Waals surface area contributed by atoms with Crippen molar-refractivity contribution < 1.29 is 4.42 Å². The molecule has 0 aliphatic heterocycles. The lowest BCUT2D eigenvalue weighted by molar-refractivity contribution is 0.548. The van der Waals surface area contributed by atoms with Gasteiger partial charge in [0, 0.05) is 0 Å². The largest absolute Gasteiger partial charge is 0.440 e. The molecule has 3 nitrogen and oxygen atoms in total. The molecule has 1 aromatic carbocycles. The Hall–Kier alpha value is -1.82. The van der Waals surface area contributed by atoms with E-state index in [0.29, 0.717) is 5.89 Å². The van der Waals surface area contributed by atoms with Crippen LogP contribution in [0.3, 0.4) is 0 Å². The zero-order valence-electron chi connectivity index (χ0n) is 7.95. The Kier molecular flexibility index (Phi) is 2.19. The van der Waals surface area contributed by atoms with Crippen LogP contribution in [-0.2, 0) is 12.8 Å². The monoisotopic (exact) mass is 186 g/mol. The first-order valence-corrected chi connectivity index (χ1v) is 4.59. The lowest BCUT2D eigenvalue weighted by Gasteiger charge is -1.93. The quantitative estimate of drug-likeness (QED) is 0.723. The predicted molar refractivity (Wildman–Crippen MR) is 52.7 cm³/mol. The Bertz CT molecular complexity index is 493. The van der Waals surface area contributed by atoms with Crippen molar-refractivity contribution in [3.05, 3.63) is 29.7 Å². The van der Waals surface area contributed by atoms with Crippen molar-refractivity contribution in [2.75, 3.05) is 0 Å². The average Bonchev–Trinajstić information content (AvgIpc) is 2.60. The van der Waals surface area contributed by atoms with Crippen LogP contribution in [0, 0.1) is 11.3 Å². The van der Waals surface area contributed by atoms with Gasteiger partial charge in [-0.15, -0.1) is 0 Å². The molecule has 0 spiro atoms. The number of aryl methyl sites for hydroxylation is 1. The molecule has 0 aliphatic carbocycles. The highest BCUT2D eigenvalue weighted by atomic mass is 16.3. The number of hydrogen-bond acceptors (Lipinski definition) is 3. The molecule has 3 heteroatoms. The van der Waals surface area contributed by atoms with Crippen LogP contribution in [-0.4, -0.2) is 4.98 Å². The van der Waals surface area contributed by atoms with Gasteiger partial charge in [-0.2, -0.15) is 5.26 Å². The van der Waals surface area contributed by atoms with E-state index in [4.69, 9.17) is 9.68 Å². The normalized spacial score (nSPS) is 10.3. The number of para-hydroxylation sites is 1. The molecule has 0 atom stereocenters. The number of hydrogen-bond donors (Lipinski definition) is 0. The van der Waals surface area contributed by atoms with E-state index in [1.807, 2.05) is 24.3 Å². The second kappa shape index (κ2) is 3.51. The molecule has 0 N–H and O–H groups in total. The number of nitriles is 1. The number of nitrogens with zero attached hydrogens (tertiary/aromatic N) is 2. The fourth-order valence-electron chi connectivity index (χ4n) is 1.48. The number of fused-ring (bicyclic) bond motifs is 1. The van der Waals surface area contributed by atoms with Crippen molar-refractivity contribution >= 4 is 11.1 Å². The highest BCUT2D eigenvalue weighted by Gasteiger charge is 2.07. The molecule has 0 amide bonds. The Morgan fingerprint density at radius 2 is 2.36 bits per heavy atom. The van der Waals surface area contributed by atoms with Crippen molar-refractivity contribution in [2.24, 2.45) is 0 Å². The lowest BCUT2D eigenvalue weighted by Crippen LogP contribution is -1.83. The van der Waals surface area contributed by atoms with Gasteiger partial charge in [0.05, 0.1) is 6.07 Å². The van der Waals surface area contributed by atoms with E-state index in [-0.39, 0.29) is 6.42 Å². The van der Waals surface area contributed by atoms with Gasteiger partial charge in [0.2, 0.25) is 5.89 Å². The second-order valence-electron chi connectivity index (χ2n) is 3.06. The summed E-state index contributed by atoms with van der Waals surface area (Å²) in [6.07, 6.45) is 1.16. The summed E-state index contributed by atoms with van der Waals surface area (Å²) >= 11 is 0. The van der Waals surface area contributed by atoms with Gasteiger partial charge >= 0.3 is 0 Å². The average molecular weight is 186 g/mol. The van der Waals surface area contributed by atoms with Crippen LogP contribution in [0.15, 0.2) is 22.6 Å². The van der Waals surface area contributed by atoms with Crippen LogP contribution >= 0.6 is 0 Å². The van der Waals surface area contributed by atoms with E-state index in [2.05, 4.69) is 11.9 Å². The molecule has 1 aromatic heterocycles. The molecule has 0 saturated heterocycles. The second-order valence-corrected chi connectivity index (χ2v) is 3.06. The summed E-state index contributed by atoms with van der Waals surface area (Å²) in [5.41, 5.74) is 2.82. The maximum absolute atomic E-state index is 8.52. The highest BCUT2D eigenvalue weighted by molar-refractivity contribution is 5.76. The van der Waals surface area contributed by atoms with Crippen molar-refractivity contribution in [3.63, 3.8) is 0 Å². The minimum atomic E-state index is 0.234. The van der Waals surface area contributed by atoms with Crippen molar-refractivity contribution in [1.82, 2.24) is 4.98 Å². The van der Waals surface area contributed by atoms with E-state index in [1.54, 1.807) is 0 Å². The van der Waals surface area contributed by atoms with Gasteiger partial charge in [-0.1, -0.05) is 19.1 Å². The highest BCUT2D eigenvalue weighted by Crippen LogP contribution is 2.19. The molecule has 2 rings (SSSR count). The van der Waals surface area contributed by atoms with Gasteiger partial charge in [-0.3, -0.25) is 0 Å². The number of rotatable bonds is 2. The Balaban J connectivity index is 2.59. The first-order chi connectivity index (χ1) is 6.85. The molecule has 70 valence electrons. The summed E-state index contributed by atoms with van der Waals surface area (Å²) in [6.45, 7) is 2.08. The van der Waals surface area contributed by atoms with Gasteiger partial charge < -0.3 is 4.42 Å². The van der Waals surface area contributed by atoms with Gasteiger partial charge in [0.15, 0.2) is 5.58 Å². The van der Waals surface area contributed by atoms with Gasteiger partial charge in [-0.05, 0) is 18.1 Å². The fraction of sp³-hybridized carbons (Fsp3) is 0.273. The van der Waals surface area contributed by atoms with Crippen molar-refractivity contribution in [1.29, 1.82) is 5.26 Å². The molecular formula is C11H10N2O. The Labute approximate surface area is 82.0 Å². The van der Waals surface area contributed by atoms with E-state index >= 15 is 0 Å². The summed E-state index contributed by atoms with van der Waals surface area (Å²) in [4.78, 5) is 4.28. The number of oxazole rings is 1. The van der Waals surface area contributed by atoms with Crippen LogP contribution in [0.1, 0.15) is 18.4 Å². The predicted octanol–water partition coefficient (Wildman–Crippen LogP) is 2.46. The fourth-order valence-corrected chi connectivity index (χ4v) is 1.48. The minimum Gasteiger partial charge on any atom is -0.440 e. The third-order valence-electron chi connectivity index (χ3n) is 2.16. The van der Waals surface area contributed by atoms with Gasteiger partial charge in [0.25, 0.3) is 0 Å². The molecule has 0 bridgehead atoms. The number of benzene rings is 1. The Morgan fingerprint density at radius 3 is 3.07 bits per heavy atom. The summed E-state index contributed by atoms with van der Waals surface area (Å²) < 4.78 is 5.42. The summed E-state index contributed by atoms with van der Waals surface area (Å²) in [5, 5.41) is 8.52. The van der Waals surface area contributed by atoms with Crippen molar-refractivity contribution in [2.45, 2.75) is 19.8 Å². The summed E-state index contributed by atoms with van der Waals surface area (Å²) in [5.74, 6) is 0.503. The SMILES string of the molecule is CCc1cccc2oc(CC#N)nc12. The molecule has 0 fully saturated rings. The van der Waals surface area contributed by atoms with E-state index in [0.717, 1.165) is 23.1 Å². The molecule has 14 heavy (non-hydrogen) atoms. The molecule has 2 aromatic rings. The molecule has 1 heterocycles. The maximum Gasteiger partial charge on any atom is 0.209 e. The van der Waals surface area contributed by atoms with E-state index in [9.17, 15) is 0 Å². The third-order valence-corrected chi connectivity index (χ3v) is 2.16. The van der Waals surface area contributed by atoms with Gasteiger partial charge in [-0.25, -0.2) is 4.98 Å². The zero-order valence-corrected chi connectivity index (χ0v) is 7.95. The first-order valence-electron chi connectivity index (χ1n) is 4.59. The van der Waals surface area contributed by atoms with Crippen LogP contribution in [0.25, 0.3) is 11.1 Å². The van der Waals surface area contributed by atoms with Crippen molar-refractivity contribution in [3.8, 4) is 6.07 Å².